The van der Waals surface area contributed by atoms with E-state index in [1.807, 2.05) is 0 Å². The van der Waals surface area contributed by atoms with E-state index in [2.05, 4.69) is 62.2 Å². The molecule has 0 unspecified atom stereocenters. The number of hydrogen-bond acceptors (Lipinski definition) is 1. The van der Waals surface area contributed by atoms with Gasteiger partial charge in [-0.05, 0) is 29.9 Å². The van der Waals surface area contributed by atoms with Gasteiger partial charge in [0, 0.05) is 24.7 Å². The zero-order valence-corrected chi connectivity index (χ0v) is 11.0. The second kappa shape index (κ2) is 3.38. The molecule has 1 aliphatic heterocycles. The molecular weight excluding hydrogens is 206 g/mol. The SMILES string of the molecule is CN1C[C@]2(C=CC(C)(C)CC2)c2ccccc21. The molecule has 2 aliphatic rings. The Morgan fingerprint density at radius 3 is 2.53 bits per heavy atom. The molecule has 1 aromatic rings. The van der Waals surface area contributed by atoms with Crippen LogP contribution < -0.4 is 4.90 Å². The van der Waals surface area contributed by atoms with E-state index in [4.69, 9.17) is 0 Å². The summed E-state index contributed by atoms with van der Waals surface area (Å²) in [6.45, 7) is 5.81. The Morgan fingerprint density at radius 1 is 1.06 bits per heavy atom. The first kappa shape index (κ1) is 10.9. The van der Waals surface area contributed by atoms with Crippen LogP contribution in [0.25, 0.3) is 0 Å². The molecule has 1 spiro atoms. The number of nitrogens with zero attached hydrogens (tertiary/aromatic N) is 1. The molecule has 0 aromatic heterocycles. The quantitative estimate of drug-likeness (QED) is 0.610. The minimum atomic E-state index is 0.279. The number of hydrogen-bond donors (Lipinski definition) is 0. The summed E-state index contributed by atoms with van der Waals surface area (Å²) in [5.74, 6) is 0. The van der Waals surface area contributed by atoms with Crippen molar-refractivity contribution in [3.63, 3.8) is 0 Å². The highest BCUT2D eigenvalue weighted by Gasteiger charge is 2.42. The van der Waals surface area contributed by atoms with Gasteiger partial charge in [-0.25, -0.2) is 0 Å². The first-order valence-corrected chi connectivity index (χ1v) is 6.54. The summed E-state index contributed by atoms with van der Waals surface area (Å²) in [6.07, 6.45) is 7.45. The third-order valence-corrected chi connectivity index (χ3v) is 4.44. The lowest BCUT2D eigenvalue weighted by Crippen LogP contribution is -2.34. The lowest BCUT2D eigenvalue weighted by atomic mass is 9.68. The number of likely N-dealkylation sites (N-methyl/N-ethyl adjacent to an activating group) is 1. The molecule has 0 bridgehead atoms. The zero-order valence-electron chi connectivity index (χ0n) is 11.0. The Bertz CT molecular complexity index is 472. The summed E-state index contributed by atoms with van der Waals surface area (Å²) in [5, 5.41) is 0. The fourth-order valence-electron chi connectivity index (χ4n) is 3.27. The van der Waals surface area contributed by atoms with E-state index in [1.165, 1.54) is 24.1 Å². The van der Waals surface area contributed by atoms with Crippen molar-refractivity contribution >= 4 is 5.69 Å². The Morgan fingerprint density at radius 2 is 1.82 bits per heavy atom. The van der Waals surface area contributed by atoms with Crippen molar-refractivity contribution < 1.29 is 0 Å². The van der Waals surface area contributed by atoms with Gasteiger partial charge in [-0.15, -0.1) is 0 Å². The molecule has 0 amide bonds. The zero-order chi connectivity index (χ0) is 12.1. The normalized spacial score (nSPS) is 29.7. The topological polar surface area (TPSA) is 3.24 Å². The van der Waals surface area contributed by atoms with Gasteiger partial charge in [-0.2, -0.15) is 0 Å². The fraction of sp³-hybridized carbons (Fsp3) is 0.500. The lowest BCUT2D eigenvalue weighted by Gasteiger charge is -2.36. The summed E-state index contributed by atoms with van der Waals surface area (Å²) in [4.78, 5) is 2.40. The number of para-hydroxylation sites is 1. The summed E-state index contributed by atoms with van der Waals surface area (Å²) >= 11 is 0. The molecule has 1 heteroatoms. The monoisotopic (exact) mass is 227 g/mol. The second-order valence-corrected chi connectivity index (χ2v) is 6.35. The molecular formula is C16H21N. The van der Waals surface area contributed by atoms with Crippen molar-refractivity contribution in [3.05, 3.63) is 42.0 Å². The van der Waals surface area contributed by atoms with Crippen LogP contribution in [0, 0.1) is 5.41 Å². The van der Waals surface area contributed by atoms with Gasteiger partial charge in [0.25, 0.3) is 0 Å². The van der Waals surface area contributed by atoms with E-state index < -0.39 is 0 Å². The molecule has 1 aliphatic carbocycles. The van der Waals surface area contributed by atoms with Gasteiger partial charge in [0.05, 0.1) is 0 Å². The summed E-state index contributed by atoms with van der Waals surface area (Å²) < 4.78 is 0. The van der Waals surface area contributed by atoms with Crippen LogP contribution in [0.1, 0.15) is 32.3 Å². The van der Waals surface area contributed by atoms with Crippen LogP contribution in [0.15, 0.2) is 36.4 Å². The molecule has 1 nitrogen and oxygen atoms in total. The van der Waals surface area contributed by atoms with Gasteiger partial charge in [-0.3, -0.25) is 0 Å². The fourth-order valence-corrected chi connectivity index (χ4v) is 3.27. The van der Waals surface area contributed by atoms with Crippen LogP contribution in [-0.2, 0) is 5.41 Å². The highest BCUT2D eigenvalue weighted by atomic mass is 15.1. The van der Waals surface area contributed by atoms with Crippen LogP contribution >= 0.6 is 0 Å². The molecule has 1 atom stereocenters. The first-order chi connectivity index (χ1) is 8.03. The van der Waals surface area contributed by atoms with E-state index in [9.17, 15) is 0 Å². The Balaban J connectivity index is 2.07. The molecule has 17 heavy (non-hydrogen) atoms. The van der Waals surface area contributed by atoms with Crippen molar-refractivity contribution in [3.8, 4) is 0 Å². The third kappa shape index (κ3) is 1.60. The van der Waals surface area contributed by atoms with Crippen LogP contribution in [0.2, 0.25) is 0 Å². The molecule has 3 rings (SSSR count). The molecule has 0 saturated carbocycles. The van der Waals surface area contributed by atoms with Gasteiger partial charge in [0.1, 0.15) is 0 Å². The van der Waals surface area contributed by atoms with Crippen LogP contribution in [0.3, 0.4) is 0 Å². The minimum Gasteiger partial charge on any atom is -0.373 e. The maximum absolute atomic E-state index is 2.47. The van der Waals surface area contributed by atoms with Gasteiger partial charge in [0.15, 0.2) is 0 Å². The Kier molecular flexibility index (Phi) is 2.16. The molecule has 90 valence electrons. The molecule has 0 radical (unpaired) electrons. The van der Waals surface area contributed by atoms with Crippen molar-refractivity contribution in [2.45, 2.75) is 32.1 Å². The number of fused-ring (bicyclic) bond motifs is 2. The van der Waals surface area contributed by atoms with Crippen LogP contribution in [-0.4, -0.2) is 13.6 Å². The predicted molar refractivity (Wildman–Crippen MR) is 73.5 cm³/mol. The van der Waals surface area contributed by atoms with E-state index in [0.717, 1.165) is 6.54 Å². The maximum atomic E-state index is 2.47. The molecule has 0 saturated heterocycles. The van der Waals surface area contributed by atoms with E-state index in [0.29, 0.717) is 5.41 Å². The second-order valence-electron chi connectivity index (χ2n) is 6.35. The predicted octanol–water partition coefficient (Wildman–Crippen LogP) is 3.75. The van der Waals surface area contributed by atoms with Crippen molar-refractivity contribution in [1.29, 1.82) is 0 Å². The highest BCUT2D eigenvalue weighted by molar-refractivity contribution is 5.64. The van der Waals surface area contributed by atoms with E-state index in [1.54, 1.807) is 0 Å². The van der Waals surface area contributed by atoms with Crippen molar-refractivity contribution in [1.82, 2.24) is 0 Å². The molecule has 1 heterocycles. The average molecular weight is 227 g/mol. The lowest BCUT2D eigenvalue weighted by molar-refractivity contribution is 0.338. The maximum Gasteiger partial charge on any atom is 0.0406 e. The number of anilines is 1. The van der Waals surface area contributed by atoms with E-state index >= 15 is 0 Å². The third-order valence-electron chi connectivity index (χ3n) is 4.44. The van der Waals surface area contributed by atoms with Gasteiger partial charge in [-0.1, -0.05) is 44.2 Å². The number of allylic oxidation sites excluding steroid dienone is 1. The van der Waals surface area contributed by atoms with Crippen molar-refractivity contribution in [2.24, 2.45) is 5.41 Å². The van der Waals surface area contributed by atoms with Gasteiger partial charge < -0.3 is 4.90 Å². The first-order valence-electron chi connectivity index (χ1n) is 6.54. The van der Waals surface area contributed by atoms with Crippen molar-refractivity contribution in [2.75, 3.05) is 18.5 Å². The van der Waals surface area contributed by atoms with Crippen LogP contribution in [0.4, 0.5) is 5.69 Å². The standard InChI is InChI=1S/C16H21N/c1-15(2)8-10-16(11-9-15)12-17(3)14-7-5-4-6-13(14)16/h4-8,10H,9,11-12H2,1-3H3/t16-/m1/s1. The number of benzene rings is 1. The van der Waals surface area contributed by atoms with Gasteiger partial charge in [0.2, 0.25) is 0 Å². The molecule has 0 fully saturated rings. The molecule has 0 N–H and O–H groups in total. The summed E-state index contributed by atoms with van der Waals surface area (Å²) in [6, 6.07) is 8.87. The minimum absolute atomic E-state index is 0.279. The smallest absolute Gasteiger partial charge is 0.0406 e. The summed E-state index contributed by atoms with van der Waals surface area (Å²) in [7, 11) is 2.21. The van der Waals surface area contributed by atoms with E-state index in [-0.39, 0.29) is 5.41 Å². The Hall–Kier alpha value is -1.24. The summed E-state index contributed by atoms with van der Waals surface area (Å²) in [5.41, 5.74) is 3.59. The molecule has 1 aromatic carbocycles. The van der Waals surface area contributed by atoms with Crippen LogP contribution in [0.5, 0.6) is 0 Å². The highest BCUT2D eigenvalue weighted by Crippen LogP contribution is 2.48. The van der Waals surface area contributed by atoms with Gasteiger partial charge >= 0.3 is 0 Å². The Labute approximate surface area is 104 Å². The number of rotatable bonds is 0. The average Bonchev–Trinajstić information content (AvgIpc) is 2.59. The largest absolute Gasteiger partial charge is 0.373 e.